The van der Waals surface area contributed by atoms with Crippen molar-refractivity contribution in [3.8, 4) is 0 Å². The molecule has 43 heavy (non-hydrogen) atoms. The first-order chi connectivity index (χ1) is 19.8. The number of hydrogen-bond acceptors (Lipinski definition) is 0. The predicted octanol–water partition coefficient (Wildman–Crippen LogP) is 9.14. The molecule has 2 aliphatic carbocycles. The molecule has 0 spiro atoms. The maximum absolute atomic E-state index is 11.2. The van der Waals surface area contributed by atoms with Gasteiger partial charge in [0.15, 0.2) is 0 Å². The molecule has 0 saturated heterocycles. The summed E-state index contributed by atoms with van der Waals surface area (Å²) in [5, 5.41) is 5.89. The first-order valence-corrected chi connectivity index (χ1v) is 22.3. The first kappa shape index (κ1) is 35.7. The van der Waals surface area contributed by atoms with Gasteiger partial charge in [-0.25, -0.2) is 0 Å². The Morgan fingerprint density at radius 2 is 0.651 bits per heavy atom. The van der Waals surface area contributed by atoms with Crippen molar-refractivity contribution < 1.29 is 36.4 Å². The summed E-state index contributed by atoms with van der Waals surface area (Å²) in [6.45, 7) is 0. The van der Waals surface area contributed by atoms with Gasteiger partial charge in [0.05, 0.1) is 0 Å². The second-order valence-electron chi connectivity index (χ2n) is 9.94. The smallest absolute Gasteiger partial charge is 0 e. The van der Waals surface area contributed by atoms with Crippen molar-refractivity contribution in [3.63, 3.8) is 0 Å². The Morgan fingerprint density at radius 3 is 0.814 bits per heavy atom. The average Bonchev–Trinajstić information content (AvgIpc) is 3.63. The fraction of sp³-hybridized carbons (Fsp3) is 0.152. The molecule has 1 radical (unpaired) electrons. The summed E-state index contributed by atoms with van der Waals surface area (Å²) in [6, 6.07) is 44.2. The van der Waals surface area contributed by atoms with Crippen LogP contribution in [0.25, 0.3) is 0 Å². The standard InChI is InChI=1S/C26H24P2.C7H8.6FH.Rh.Sb/c1-5-13-23(14-6-1)27(24-15-7-2-8-16-24)21-22-28(25-17-9-3-10-18-25)26-19-11-4-12-20-26;1-2-7-4-3-6(1)5-7;;;;;;;;/h1-20H,21-22H2;1-4,6-7H,5H2;6*1H;;/q;;;;;;;;;+5/p-6. The molecule has 0 aliphatic heterocycles. The van der Waals surface area contributed by atoms with Crippen LogP contribution in [-0.4, -0.2) is 31.8 Å². The van der Waals surface area contributed by atoms with Crippen molar-refractivity contribution in [2.24, 2.45) is 11.8 Å². The summed E-state index contributed by atoms with van der Waals surface area (Å²) in [5.74, 6) is 1.62. The van der Waals surface area contributed by atoms with Crippen LogP contribution in [0.5, 0.6) is 0 Å². The maximum atomic E-state index is 9.93. The van der Waals surface area contributed by atoms with Gasteiger partial charge in [-0.1, -0.05) is 146 Å². The van der Waals surface area contributed by atoms with E-state index >= 15 is 0 Å². The minimum absolute atomic E-state index is 0. The van der Waals surface area contributed by atoms with E-state index < -0.39 is 19.5 Å². The van der Waals surface area contributed by atoms with Gasteiger partial charge in [-0.15, -0.1) is 0 Å². The molecule has 0 atom stereocenters. The summed E-state index contributed by atoms with van der Waals surface area (Å²) in [4.78, 5) is 0. The van der Waals surface area contributed by atoms with E-state index in [2.05, 4.69) is 146 Å². The predicted molar refractivity (Wildman–Crippen MR) is 170 cm³/mol. The molecule has 10 heteroatoms. The van der Waals surface area contributed by atoms with E-state index in [1.165, 1.54) is 40.0 Å². The second-order valence-corrected chi connectivity index (χ2v) is 20.1. The van der Waals surface area contributed by atoms with E-state index in [0.717, 1.165) is 11.8 Å². The van der Waals surface area contributed by atoms with Gasteiger partial charge in [-0.05, 0) is 67.6 Å². The zero-order chi connectivity index (χ0) is 30.1. The van der Waals surface area contributed by atoms with Crippen LogP contribution in [0.3, 0.4) is 0 Å². The average molecular weight is 829 g/mol. The fourth-order valence-electron chi connectivity index (χ4n) is 4.77. The molecule has 0 heterocycles. The molecule has 4 aromatic rings. The van der Waals surface area contributed by atoms with Crippen molar-refractivity contribution in [2.75, 3.05) is 12.3 Å². The van der Waals surface area contributed by atoms with E-state index in [1.807, 2.05) is 0 Å². The van der Waals surface area contributed by atoms with Crippen LogP contribution in [-0.2, 0) is 19.5 Å². The van der Waals surface area contributed by atoms with Gasteiger partial charge < -0.3 is 0 Å². The molecule has 2 bridgehead atoms. The molecule has 231 valence electrons. The van der Waals surface area contributed by atoms with Gasteiger partial charge in [0.1, 0.15) is 0 Å². The monoisotopic (exact) mass is 828 g/mol. The third-order valence-corrected chi connectivity index (χ3v) is 12.0. The quantitative estimate of drug-likeness (QED) is 0.0756. The van der Waals surface area contributed by atoms with Gasteiger partial charge >= 0.3 is 36.4 Å². The molecule has 0 saturated carbocycles. The number of hydrogen-bond donors (Lipinski definition) is 0. The normalized spacial score (nSPS) is 18.0. The number of rotatable bonds is 7. The molecule has 0 N–H and O–H groups in total. The van der Waals surface area contributed by atoms with E-state index in [1.54, 1.807) is 0 Å². The van der Waals surface area contributed by atoms with Gasteiger partial charge in [0, 0.05) is 19.5 Å². The Morgan fingerprint density at radius 1 is 0.442 bits per heavy atom. The topological polar surface area (TPSA) is 0 Å². The van der Waals surface area contributed by atoms with Gasteiger partial charge in [0.2, 0.25) is 0 Å². The number of benzene rings is 4. The van der Waals surface area contributed by atoms with E-state index in [4.69, 9.17) is 0 Å². The zero-order valence-electron chi connectivity index (χ0n) is 23.1. The molecule has 4 aromatic carbocycles. The molecular formula is C33H32F6P2RhSb-. The van der Waals surface area contributed by atoms with E-state index in [0.29, 0.717) is 0 Å². The third-order valence-electron chi connectivity index (χ3n) is 6.57. The Labute approximate surface area is 267 Å². The minimum Gasteiger partial charge on any atom is -0.0622 e. The largest absolute Gasteiger partial charge is 0.0622 e. The van der Waals surface area contributed by atoms with Crippen LogP contribution in [0.2, 0.25) is 0 Å². The van der Waals surface area contributed by atoms with E-state index in [-0.39, 0.29) is 35.3 Å². The van der Waals surface area contributed by atoms with Gasteiger partial charge in [0.25, 0.3) is 0 Å². The molecule has 6 rings (SSSR count). The maximum Gasteiger partial charge on any atom is 0 e. The zero-order valence-corrected chi connectivity index (χ0v) is 29.1. The van der Waals surface area contributed by atoms with Crippen molar-refractivity contribution in [2.45, 2.75) is 6.42 Å². The van der Waals surface area contributed by atoms with Crippen molar-refractivity contribution in [3.05, 3.63) is 146 Å². The summed E-state index contributed by atoms with van der Waals surface area (Å²) >= 11 is -11.2. The molecular weight excluding hydrogens is 797 g/mol. The van der Waals surface area contributed by atoms with Crippen molar-refractivity contribution in [1.29, 1.82) is 0 Å². The summed E-state index contributed by atoms with van der Waals surface area (Å²) in [6.07, 6.45) is 13.0. The summed E-state index contributed by atoms with van der Waals surface area (Å²) in [7, 11) is -0.696. The van der Waals surface area contributed by atoms with Crippen LogP contribution in [0, 0.1) is 11.8 Å². The number of allylic oxidation sites excluding steroid dienone is 4. The Kier molecular flexibility index (Phi) is 12.5. The number of fused-ring (bicyclic) bond motifs is 2. The van der Waals surface area contributed by atoms with Crippen LogP contribution < -0.4 is 21.2 Å². The Hall–Kier alpha value is -1.76. The number of halogens is 6. The Balaban J connectivity index is 0.000000276. The van der Waals surface area contributed by atoms with Gasteiger partial charge in [-0.3, -0.25) is 0 Å². The van der Waals surface area contributed by atoms with Gasteiger partial charge in [-0.2, -0.15) is 0 Å². The van der Waals surface area contributed by atoms with Crippen LogP contribution >= 0.6 is 15.8 Å². The van der Waals surface area contributed by atoms with Crippen LogP contribution in [0.1, 0.15) is 6.42 Å². The summed E-state index contributed by atoms with van der Waals surface area (Å²) < 4.78 is 59.6. The molecule has 0 amide bonds. The van der Waals surface area contributed by atoms with Crippen LogP contribution in [0.15, 0.2) is 146 Å². The molecule has 2 aliphatic rings. The fourth-order valence-corrected chi connectivity index (χ4v) is 10.1. The SMILES string of the molecule is C1=CC2C=CC1C2.[F][Sb-]([F])([F])([F])([F])[F].[Rh].c1ccc(P(CCP(c2ccccc2)c2ccccc2)c2ccccc2)cc1. The van der Waals surface area contributed by atoms with Crippen LogP contribution in [0.4, 0.5) is 16.9 Å². The molecule has 0 unspecified atom stereocenters. The molecule has 0 fully saturated rings. The van der Waals surface area contributed by atoms with Crippen molar-refractivity contribution >= 4 is 56.5 Å². The second kappa shape index (κ2) is 15.0. The van der Waals surface area contributed by atoms with E-state index in [9.17, 15) is 16.9 Å². The summed E-state index contributed by atoms with van der Waals surface area (Å²) in [5.41, 5.74) is 0. The third kappa shape index (κ3) is 13.8. The minimum atomic E-state index is -11.2. The Bertz CT molecular complexity index is 1250. The molecule has 0 nitrogen and oxygen atoms in total. The first-order valence-electron chi connectivity index (χ1n) is 13.5. The molecule has 0 aromatic heterocycles. The van der Waals surface area contributed by atoms with Crippen molar-refractivity contribution in [1.82, 2.24) is 0 Å².